The molecule has 1 N–H and O–H groups in total. The van der Waals surface area contributed by atoms with Gasteiger partial charge in [-0.2, -0.15) is 5.10 Å². The van der Waals surface area contributed by atoms with Crippen LogP contribution < -0.4 is 0 Å². The molecule has 1 aromatic rings. The van der Waals surface area contributed by atoms with Gasteiger partial charge in [-0.25, -0.2) is 4.79 Å². The monoisotopic (exact) mass is 321 g/mol. The van der Waals surface area contributed by atoms with Crippen LogP contribution in [0.5, 0.6) is 0 Å². The van der Waals surface area contributed by atoms with E-state index in [0.29, 0.717) is 25.4 Å². The van der Waals surface area contributed by atoms with Crippen molar-refractivity contribution in [2.45, 2.75) is 64.6 Å². The molecule has 0 radical (unpaired) electrons. The van der Waals surface area contributed by atoms with Gasteiger partial charge in [0, 0.05) is 30.1 Å². The zero-order valence-electron chi connectivity index (χ0n) is 13.8. The quantitative estimate of drug-likeness (QED) is 0.922. The van der Waals surface area contributed by atoms with Crippen molar-refractivity contribution in [1.29, 1.82) is 0 Å². The number of ether oxygens (including phenoxy) is 1. The molecule has 0 unspecified atom stereocenters. The fourth-order valence-corrected chi connectivity index (χ4v) is 2.94. The zero-order valence-corrected chi connectivity index (χ0v) is 13.8. The molecule has 7 nitrogen and oxygen atoms in total. The van der Waals surface area contributed by atoms with E-state index in [1.807, 2.05) is 20.8 Å². The van der Waals surface area contributed by atoms with Gasteiger partial charge in [-0.1, -0.05) is 0 Å². The predicted octanol–water partition coefficient (Wildman–Crippen LogP) is 2.14. The molecule has 0 spiro atoms. The van der Waals surface area contributed by atoms with Gasteiger partial charge in [0.05, 0.1) is 12.2 Å². The highest BCUT2D eigenvalue weighted by molar-refractivity contribution is 5.69. The van der Waals surface area contributed by atoms with Crippen LogP contribution in [0.1, 0.15) is 56.5 Å². The molecular formula is C16H23N3O4. The van der Waals surface area contributed by atoms with Gasteiger partial charge in [0.2, 0.25) is 0 Å². The van der Waals surface area contributed by atoms with Crippen LogP contribution in [-0.2, 0) is 29.0 Å². The lowest BCUT2D eigenvalue weighted by molar-refractivity contribution is -0.137. The van der Waals surface area contributed by atoms with Gasteiger partial charge in [-0.05, 0) is 33.6 Å². The second-order valence-corrected chi connectivity index (χ2v) is 7.29. The molecule has 2 aliphatic rings. The highest BCUT2D eigenvalue weighted by Gasteiger charge is 2.36. The van der Waals surface area contributed by atoms with Gasteiger partial charge in [-0.3, -0.25) is 9.48 Å². The van der Waals surface area contributed by atoms with Crippen LogP contribution in [0.4, 0.5) is 4.79 Å². The Labute approximate surface area is 135 Å². The molecule has 1 aromatic heterocycles. The number of aromatic nitrogens is 2. The second kappa shape index (κ2) is 5.54. The number of aliphatic carboxylic acids is 1. The average Bonchev–Trinajstić information content (AvgIpc) is 3.20. The summed E-state index contributed by atoms with van der Waals surface area (Å²) in [5.74, 6) is -0.482. The van der Waals surface area contributed by atoms with Crippen molar-refractivity contribution in [3.63, 3.8) is 0 Å². The van der Waals surface area contributed by atoms with E-state index < -0.39 is 11.6 Å². The second-order valence-electron chi connectivity index (χ2n) is 7.29. The number of rotatable bonds is 3. The maximum Gasteiger partial charge on any atom is 0.410 e. The number of carboxylic acid groups (broad SMARTS) is 1. The Balaban J connectivity index is 1.83. The van der Waals surface area contributed by atoms with E-state index in [0.717, 1.165) is 29.8 Å². The van der Waals surface area contributed by atoms with Crippen molar-refractivity contribution >= 4 is 12.1 Å². The molecule has 3 rings (SSSR count). The molecule has 7 heteroatoms. The Morgan fingerprint density at radius 1 is 1.35 bits per heavy atom. The first-order valence-corrected chi connectivity index (χ1v) is 8.03. The van der Waals surface area contributed by atoms with Gasteiger partial charge < -0.3 is 14.7 Å². The summed E-state index contributed by atoms with van der Waals surface area (Å²) in [6.07, 6.45) is 2.46. The van der Waals surface area contributed by atoms with Crippen molar-refractivity contribution in [1.82, 2.24) is 14.7 Å². The van der Waals surface area contributed by atoms with Crippen LogP contribution >= 0.6 is 0 Å². The van der Waals surface area contributed by atoms with Crippen LogP contribution in [0.3, 0.4) is 0 Å². The number of hydrogen-bond acceptors (Lipinski definition) is 4. The van der Waals surface area contributed by atoms with E-state index in [1.165, 1.54) is 0 Å². The molecule has 126 valence electrons. The molecule has 0 bridgehead atoms. The molecular weight excluding hydrogens is 298 g/mol. The fraction of sp³-hybridized carbons (Fsp3) is 0.688. The first kappa shape index (κ1) is 15.8. The fourth-order valence-electron chi connectivity index (χ4n) is 2.94. The number of carbonyl (C=O) groups excluding carboxylic acids is 1. The summed E-state index contributed by atoms with van der Waals surface area (Å²) in [6, 6.07) is 0. The third kappa shape index (κ3) is 3.48. The minimum Gasteiger partial charge on any atom is -0.480 e. The normalized spacial score (nSPS) is 17.8. The summed E-state index contributed by atoms with van der Waals surface area (Å²) in [7, 11) is 0. The Morgan fingerprint density at radius 2 is 2.04 bits per heavy atom. The summed E-state index contributed by atoms with van der Waals surface area (Å²) < 4.78 is 7.04. The van der Waals surface area contributed by atoms with Crippen molar-refractivity contribution in [3.05, 3.63) is 17.0 Å². The Hall–Kier alpha value is -2.05. The number of hydrogen-bond donors (Lipinski definition) is 1. The Bertz CT molecular complexity index is 640. The van der Waals surface area contributed by atoms with E-state index >= 15 is 0 Å². The number of carboxylic acids is 1. The lowest BCUT2D eigenvalue weighted by Gasteiger charge is -2.30. The van der Waals surface area contributed by atoms with E-state index in [4.69, 9.17) is 9.84 Å². The maximum absolute atomic E-state index is 12.3. The predicted molar refractivity (Wildman–Crippen MR) is 82.2 cm³/mol. The minimum atomic E-state index is -0.896. The van der Waals surface area contributed by atoms with Gasteiger partial charge in [0.15, 0.2) is 0 Å². The molecule has 0 atom stereocenters. The van der Waals surface area contributed by atoms with Crippen LogP contribution in [-0.4, -0.2) is 44.0 Å². The Kier molecular flexibility index (Phi) is 3.82. The molecule has 1 aliphatic heterocycles. The largest absolute Gasteiger partial charge is 0.480 e. The molecule has 1 amide bonds. The maximum atomic E-state index is 12.3. The number of fused-ring (bicyclic) bond motifs is 1. The number of nitrogens with zero attached hydrogens (tertiary/aromatic N) is 3. The lowest BCUT2D eigenvalue weighted by Crippen LogP contribution is -2.40. The van der Waals surface area contributed by atoms with E-state index in [-0.39, 0.29) is 12.6 Å². The van der Waals surface area contributed by atoms with Crippen LogP contribution in [0, 0.1) is 0 Å². The molecule has 1 saturated carbocycles. The molecule has 2 heterocycles. The number of amides is 1. The van der Waals surface area contributed by atoms with Crippen LogP contribution in [0.15, 0.2) is 0 Å². The summed E-state index contributed by atoms with van der Waals surface area (Å²) >= 11 is 0. The van der Waals surface area contributed by atoms with Crippen LogP contribution in [0.2, 0.25) is 0 Å². The van der Waals surface area contributed by atoms with Crippen molar-refractivity contribution in [2.24, 2.45) is 0 Å². The van der Waals surface area contributed by atoms with Crippen LogP contribution in [0.25, 0.3) is 0 Å². The average molecular weight is 321 g/mol. The van der Waals surface area contributed by atoms with E-state index in [1.54, 1.807) is 9.58 Å². The summed E-state index contributed by atoms with van der Waals surface area (Å²) in [6.45, 7) is 6.40. The SMILES string of the molecule is CC(C)(C)OC(=O)N1CCc2c(c(C3CC3)nn2CC(=O)O)C1. The third-order valence-corrected chi connectivity index (χ3v) is 4.07. The minimum absolute atomic E-state index is 0.124. The van der Waals surface area contributed by atoms with Gasteiger partial charge in [0.25, 0.3) is 0 Å². The topological polar surface area (TPSA) is 84.7 Å². The highest BCUT2D eigenvalue weighted by atomic mass is 16.6. The standard InChI is InChI=1S/C16H23N3O4/c1-16(2,3)23-15(22)18-7-6-12-11(8-18)14(10-4-5-10)17-19(12)9-13(20)21/h10H,4-9H2,1-3H3,(H,20,21). The van der Waals surface area contributed by atoms with E-state index in [2.05, 4.69) is 5.10 Å². The summed E-state index contributed by atoms with van der Waals surface area (Å²) in [4.78, 5) is 25.0. The molecule has 23 heavy (non-hydrogen) atoms. The van der Waals surface area contributed by atoms with Gasteiger partial charge in [-0.15, -0.1) is 0 Å². The summed E-state index contributed by atoms with van der Waals surface area (Å²) in [5, 5.41) is 13.6. The highest BCUT2D eigenvalue weighted by Crippen LogP contribution is 2.42. The first-order valence-electron chi connectivity index (χ1n) is 8.03. The first-order chi connectivity index (χ1) is 10.7. The zero-order chi connectivity index (χ0) is 16.8. The number of carbonyl (C=O) groups is 2. The molecule has 0 aromatic carbocycles. The van der Waals surface area contributed by atoms with Gasteiger partial charge in [0.1, 0.15) is 12.1 Å². The molecule has 1 fully saturated rings. The Morgan fingerprint density at radius 3 is 2.61 bits per heavy atom. The van der Waals surface area contributed by atoms with E-state index in [9.17, 15) is 9.59 Å². The lowest BCUT2D eigenvalue weighted by atomic mass is 10.0. The van der Waals surface area contributed by atoms with Crippen molar-refractivity contribution in [3.8, 4) is 0 Å². The van der Waals surface area contributed by atoms with Crippen molar-refractivity contribution in [2.75, 3.05) is 6.54 Å². The molecule has 0 saturated heterocycles. The smallest absolute Gasteiger partial charge is 0.410 e. The van der Waals surface area contributed by atoms with Gasteiger partial charge >= 0.3 is 12.1 Å². The molecule has 1 aliphatic carbocycles. The third-order valence-electron chi connectivity index (χ3n) is 4.07. The van der Waals surface area contributed by atoms with Crippen molar-refractivity contribution < 1.29 is 19.4 Å². The summed E-state index contributed by atoms with van der Waals surface area (Å²) in [5.41, 5.74) is 2.42.